The number of carbonyl (C=O) groups excluding carboxylic acids is 1. The van der Waals surface area contributed by atoms with E-state index in [1.807, 2.05) is 6.92 Å². The van der Waals surface area contributed by atoms with Crippen molar-refractivity contribution in [1.82, 2.24) is 15.6 Å². The Bertz CT molecular complexity index is 465. The van der Waals surface area contributed by atoms with Gasteiger partial charge in [-0.3, -0.25) is 0 Å². The Morgan fingerprint density at radius 2 is 2.11 bits per heavy atom. The molecule has 1 aromatic heterocycles. The van der Waals surface area contributed by atoms with Crippen LogP contribution >= 0.6 is 11.3 Å². The summed E-state index contributed by atoms with van der Waals surface area (Å²) in [6.45, 7) is 7.50. The Balaban J connectivity index is 2.55. The number of amides is 2. The summed E-state index contributed by atoms with van der Waals surface area (Å²) in [7, 11) is 0. The maximum atomic E-state index is 11.7. The molecule has 1 aromatic rings. The van der Waals surface area contributed by atoms with Gasteiger partial charge in [0, 0.05) is 4.88 Å². The molecule has 0 aliphatic carbocycles. The van der Waals surface area contributed by atoms with Crippen molar-refractivity contribution in [2.75, 3.05) is 0 Å². The lowest BCUT2D eigenvalue weighted by atomic mass is 9.87. The van der Waals surface area contributed by atoms with E-state index >= 15 is 0 Å². The van der Waals surface area contributed by atoms with Crippen molar-refractivity contribution >= 4 is 23.3 Å². The fourth-order valence-electron chi connectivity index (χ4n) is 1.49. The minimum atomic E-state index is -1.04. The van der Waals surface area contributed by atoms with E-state index in [0.717, 1.165) is 10.6 Å². The first-order valence-electron chi connectivity index (χ1n) is 5.88. The molecule has 0 radical (unpaired) electrons. The molecular weight excluding hydrogens is 266 g/mol. The van der Waals surface area contributed by atoms with E-state index in [1.54, 1.807) is 26.3 Å². The van der Waals surface area contributed by atoms with Crippen LogP contribution in [-0.2, 0) is 11.3 Å². The molecule has 6 nitrogen and oxygen atoms in total. The molecule has 0 fully saturated rings. The summed E-state index contributed by atoms with van der Waals surface area (Å²) in [6, 6.07) is -1.43. The molecule has 1 heterocycles. The fourth-order valence-corrected chi connectivity index (χ4v) is 2.20. The van der Waals surface area contributed by atoms with Crippen LogP contribution in [0.15, 0.2) is 5.51 Å². The molecular formula is C12H19N3O3S. The molecule has 0 saturated heterocycles. The van der Waals surface area contributed by atoms with Crippen LogP contribution in [0.5, 0.6) is 0 Å². The quantitative estimate of drug-likeness (QED) is 0.786. The van der Waals surface area contributed by atoms with Gasteiger partial charge in [-0.25, -0.2) is 14.6 Å². The Morgan fingerprint density at radius 1 is 1.47 bits per heavy atom. The smallest absolute Gasteiger partial charge is 0.326 e. The number of nitrogens with zero attached hydrogens (tertiary/aromatic N) is 1. The van der Waals surface area contributed by atoms with Crippen molar-refractivity contribution < 1.29 is 14.7 Å². The standard InChI is InChI=1S/C12H19N3O3S/c1-7-8(19-6-14-7)5-13-11(18)15-9(10(16)17)12(2,3)4/h6,9H,5H2,1-4H3,(H,16,17)(H2,13,15,18). The van der Waals surface area contributed by atoms with Crippen molar-refractivity contribution in [3.63, 3.8) is 0 Å². The summed E-state index contributed by atoms with van der Waals surface area (Å²) in [4.78, 5) is 27.9. The Hall–Kier alpha value is -1.63. The molecule has 106 valence electrons. The van der Waals surface area contributed by atoms with E-state index in [9.17, 15) is 9.59 Å². The molecule has 0 aliphatic heterocycles. The Morgan fingerprint density at radius 3 is 2.53 bits per heavy atom. The number of carboxylic acid groups (broad SMARTS) is 1. The molecule has 0 aromatic carbocycles. The first-order chi connectivity index (χ1) is 8.71. The van der Waals surface area contributed by atoms with Crippen LogP contribution in [0.2, 0.25) is 0 Å². The zero-order chi connectivity index (χ0) is 14.6. The summed E-state index contributed by atoms with van der Waals surface area (Å²) < 4.78 is 0. The average Bonchev–Trinajstić information content (AvgIpc) is 2.67. The number of carbonyl (C=O) groups is 2. The van der Waals surface area contributed by atoms with Gasteiger partial charge in [-0.05, 0) is 12.3 Å². The third kappa shape index (κ3) is 4.51. The molecule has 1 unspecified atom stereocenters. The summed E-state index contributed by atoms with van der Waals surface area (Å²) in [5.74, 6) is -1.04. The first kappa shape index (κ1) is 15.4. The van der Waals surface area contributed by atoms with E-state index in [4.69, 9.17) is 5.11 Å². The van der Waals surface area contributed by atoms with Crippen LogP contribution in [-0.4, -0.2) is 28.1 Å². The molecule has 2 amide bonds. The lowest BCUT2D eigenvalue weighted by Gasteiger charge is -2.27. The lowest BCUT2D eigenvalue weighted by Crippen LogP contribution is -2.52. The largest absolute Gasteiger partial charge is 0.480 e. The number of aliphatic carboxylic acids is 1. The molecule has 0 saturated carbocycles. The van der Waals surface area contributed by atoms with Gasteiger partial charge < -0.3 is 15.7 Å². The first-order valence-corrected chi connectivity index (χ1v) is 6.76. The Kier molecular flexibility index (Phi) is 4.88. The van der Waals surface area contributed by atoms with Gasteiger partial charge in [0.1, 0.15) is 6.04 Å². The van der Waals surface area contributed by atoms with Crippen LogP contribution < -0.4 is 10.6 Å². The molecule has 0 bridgehead atoms. The predicted octanol–water partition coefficient (Wildman–Crippen LogP) is 1.75. The summed E-state index contributed by atoms with van der Waals surface area (Å²) in [6.07, 6.45) is 0. The van der Waals surface area contributed by atoms with Gasteiger partial charge >= 0.3 is 12.0 Å². The molecule has 1 atom stereocenters. The predicted molar refractivity (Wildman–Crippen MR) is 73.1 cm³/mol. The van der Waals surface area contributed by atoms with Gasteiger partial charge in [0.2, 0.25) is 0 Å². The number of aromatic nitrogens is 1. The SMILES string of the molecule is Cc1ncsc1CNC(=O)NC(C(=O)O)C(C)(C)C. The zero-order valence-electron chi connectivity index (χ0n) is 11.5. The normalized spacial score (nSPS) is 12.8. The van der Waals surface area contributed by atoms with Gasteiger partial charge in [-0.2, -0.15) is 0 Å². The maximum absolute atomic E-state index is 11.7. The molecule has 7 heteroatoms. The van der Waals surface area contributed by atoms with Gasteiger partial charge in [-0.1, -0.05) is 20.8 Å². The van der Waals surface area contributed by atoms with Crippen molar-refractivity contribution in [3.8, 4) is 0 Å². The fraction of sp³-hybridized carbons (Fsp3) is 0.583. The van der Waals surface area contributed by atoms with Gasteiger partial charge in [0.05, 0.1) is 17.7 Å². The van der Waals surface area contributed by atoms with Gasteiger partial charge in [0.25, 0.3) is 0 Å². The topological polar surface area (TPSA) is 91.3 Å². The number of rotatable bonds is 4. The molecule has 0 aliphatic rings. The van der Waals surface area contributed by atoms with E-state index in [0.29, 0.717) is 6.54 Å². The van der Waals surface area contributed by atoms with Crippen LogP contribution in [0, 0.1) is 12.3 Å². The maximum Gasteiger partial charge on any atom is 0.326 e. The summed E-state index contributed by atoms with van der Waals surface area (Å²) in [5.41, 5.74) is 2.03. The number of hydrogen-bond donors (Lipinski definition) is 3. The summed E-state index contributed by atoms with van der Waals surface area (Å²) >= 11 is 1.45. The monoisotopic (exact) mass is 285 g/mol. The van der Waals surface area contributed by atoms with Crippen LogP contribution in [0.3, 0.4) is 0 Å². The third-order valence-corrected chi connectivity index (χ3v) is 3.58. The number of hydrogen-bond acceptors (Lipinski definition) is 4. The van der Waals surface area contributed by atoms with Crippen molar-refractivity contribution in [3.05, 3.63) is 16.1 Å². The van der Waals surface area contributed by atoms with Crippen molar-refractivity contribution in [1.29, 1.82) is 0 Å². The van der Waals surface area contributed by atoms with E-state index in [2.05, 4.69) is 15.6 Å². The van der Waals surface area contributed by atoms with Crippen LogP contribution in [0.1, 0.15) is 31.3 Å². The minimum absolute atomic E-state index is 0.346. The van der Waals surface area contributed by atoms with Crippen LogP contribution in [0.4, 0.5) is 4.79 Å². The second kappa shape index (κ2) is 6.01. The number of aryl methyl sites for hydroxylation is 1. The average molecular weight is 285 g/mol. The highest BCUT2D eigenvalue weighted by atomic mass is 32.1. The second-order valence-electron chi connectivity index (χ2n) is 5.33. The number of carboxylic acids is 1. The van der Waals surface area contributed by atoms with Gasteiger partial charge in [0.15, 0.2) is 0 Å². The highest BCUT2D eigenvalue weighted by Gasteiger charge is 2.32. The number of nitrogens with one attached hydrogen (secondary N) is 2. The van der Waals surface area contributed by atoms with Crippen LogP contribution in [0.25, 0.3) is 0 Å². The summed E-state index contributed by atoms with van der Waals surface area (Å²) in [5, 5.41) is 14.2. The van der Waals surface area contributed by atoms with E-state index in [-0.39, 0.29) is 0 Å². The number of thiazole rings is 1. The van der Waals surface area contributed by atoms with E-state index < -0.39 is 23.5 Å². The van der Waals surface area contributed by atoms with E-state index in [1.165, 1.54) is 11.3 Å². The molecule has 19 heavy (non-hydrogen) atoms. The lowest BCUT2D eigenvalue weighted by molar-refractivity contribution is -0.141. The number of urea groups is 1. The highest BCUT2D eigenvalue weighted by molar-refractivity contribution is 7.09. The van der Waals surface area contributed by atoms with Crippen molar-refractivity contribution in [2.45, 2.75) is 40.3 Å². The minimum Gasteiger partial charge on any atom is -0.480 e. The molecule has 1 rings (SSSR count). The molecule has 3 N–H and O–H groups in total. The second-order valence-corrected chi connectivity index (χ2v) is 6.26. The third-order valence-electron chi connectivity index (χ3n) is 2.64. The highest BCUT2D eigenvalue weighted by Crippen LogP contribution is 2.19. The Labute approximate surface area is 116 Å². The molecule has 0 spiro atoms. The van der Waals surface area contributed by atoms with Gasteiger partial charge in [-0.15, -0.1) is 11.3 Å². The van der Waals surface area contributed by atoms with Crippen molar-refractivity contribution in [2.24, 2.45) is 5.41 Å². The zero-order valence-corrected chi connectivity index (χ0v) is 12.3.